The van der Waals surface area contributed by atoms with Crippen LogP contribution in [0.5, 0.6) is 0 Å². The van der Waals surface area contributed by atoms with E-state index in [-0.39, 0.29) is 6.10 Å². The molecule has 0 aromatic rings. The predicted octanol–water partition coefficient (Wildman–Crippen LogP) is 4.47. The fourth-order valence-electron chi connectivity index (χ4n) is 0.243. The molecule has 0 saturated carbocycles. The van der Waals surface area contributed by atoms with E-state index in [2.05, 4.69) is 0 Å². The second-order valence-electron chi connectivity index (χ2n) is 3.21. The van der Waals surface area contributed by atoms with E-state index in [1.165, 1.54) is 0 Å². The van der Waals surface area contributed by atoms with Crippen LogP contribution in [0.1, 0.15) is 13.8 Å². The normalized spacial score (nSPS) is 15.7. The molecule has 0 spiro atoms. The molecule has 0 radical (unpaired) electrons. The van der Waals surface area contributed by atoms with Gasteiger partial charge in [0, 0.05) is 0 Å². The molecule has 96 valence electrons. The van der Waals surface area contributed by atoms with Gasteiger partial charge in [0.15, 0.2) is 0 Å². The van der Waals surface area contributed by atoms with Gasteiger partial charge in [0.25, 0.3) is 0 Å². The Labute approximate surface area is 111 Å². The Morgan fingerprint density at radius 2 is 1.27 bits per heavy atom. The fourth-order valence-corrected chi connectivity index (χ4v) is 0.243. The van der Waals surface area contributed by atoms with Crippen molar-refractivity contribution in [3.63, 3.8) is 0 Å². The minimum atomic E-state index is -5.42. The zero-order valence-corrected chi connectivity index (χ0v) is 15.8. The van der Waals surface area contributed by atoms with Gasteiger partial charge in [-0.05, 0) is 13.8 Å². The van der Waals surface area contributed by atoms with Crippen LogP contribution >= 0.6 is 53.0 Å². The average molecular weight is 451 g/mol. The van der Waals surface area contributed by atoms with E-state index in [1.54, 1.807) is 6.40 Å². The third-order valence-electron chi connectivity index (χ3n) is 0.544. The van der Waals surface area contributed by atoms with Crippen LogP contribution in [0.25, 0.3) is 0 Å². The molecule has 9 heteroatoms. The molecular weight excluding hydrogens is 437 g/mol. The molecule has 0 N–H and O–H groups in total. The van der Waals surface area contributed by atoms with Gasteiger partial charge in [0.1, 0.15) is 14.1 Å². The molecule has 0 heterocycles. The van der Waals surface area contributed by atoms with E-state index in [0.29, 0.717) is 0 Å². The van der Waals surface area contributed by atoms with Crippen LogP contribution in [-0.2, 0) is 4.74 Å². The van der Waals surface area contributed by atoms with Gasteiger partial charge in [-0.25, -0.2) is 4.58 Å². The van der Waals surface area contributed by atoms with Crippen molar-refractivity contribution in [2.45, 2.75) is 20.0 Å². The quantitative estimate of drug-likeness (QED) is 0.262. The summed E-state index contributed by atoms with van der Waals surface area (Å²) in [7, 11) is 28.8. The molecule has 0 saturated heterocycles. The van der Waals surface area contributed by atoms with Crippen molar-refractivity contribution in [1.82, 2.24) is 0 Å². The first-order chi connectivity index (χ1) is 6.08. The Bertz CT molecular complexity index is 214. The molecule has 0 aromatic carbocycles. The summed E-state index contributed by atoms with van der Waals surface area (Å²) in [5.74, 6) is 0. The van der Waals surface area contributed by atoms with Crippen molar-refractivity contribution < 1.29 is 9.31 Å². The van der Waals surface area contributed by atoms with E-state index in [4.69, 9.17) is 57.7 Å². The molecule has 0 aliphatic heterocycles. The van der Waals surface area contributed by atoms with E-state index >= 15 is 0 Å². The van der Waals surface area contributed by atoms with E-state index < -0.39 is 9.14 Å². The Balaban J connectivity index is 0. The number of nitrogens with zero attached hydrogens (tertiary/aromatic N) is 1. The molecule has 2 nitrogen and oxygen atoms in total. The Kier molecular flexibility index (Phi) is 7.46. The zero-order chi connectivity index (χ0) is 13.0. The molecule has 0 fully saturated rings. The van der Waals surface area contributed by atoms with Gasteiger partial charge in [0.2, 0.25) is 0 Å². The van der Waals surface area contributed by atoms with Gasteiger partial charge in [-0.15, -0.1) is 0 Å². The molecule has 0 aliphatic carbocycles. The monoisotopic (exact) mass is 447 g/mol. The van der Waals surface area contributed by atoms with Crippen molar-refractivity contribution in [2.24, 2.45) is 0 Å². The van der Waals surface area contributed by atoms with Crippen LogP contribution in [0.15, 0.2) is 0 Å². The van der Waals surface area contributed by atoms with Crippen molar-refractivity contribution in [2.75, 3.05) is 14.1 Å². The molecular formula is C6H14Cl6NOSb. The van der Waals surface area contributed by atoms with Crippen molar-refractivity contribution in [3.05, 3.63) is 0 Å². The predicted molar refractivity (Wildman–Crippen MR) is 75.3 cm³/mol. The summed E-state index contributed by atoms with van der Waals surface area (Å²) in [6.07, 6.45) is 1.99. The molecule has 0 aliphatic rings. The van der Waals surface area contributed by atoms with Crippen LogP contribution < -0.4 is 0 Å². The summed E-state index contributed by atoms with van der Waals surface area (Å²) in [5, 5.41) is 0. The second-order valence-corrected chi connectivity index (χ2v) is 60.1. The topological polar surface area (TPSA) is 12.2 Å². The van der Waals surface area contributed by atoms with Gasteiger partial charge < -0.3 is 4.74 Å². The summed E-state index contributed by atoms with van der Waals surface area (Å²) in [5.41, 5.74) is 0. The molecule has 0 bridgehead atoms. The van der Waals surface area contributed by atoms with E-state index in [1.807, 2.05) is 32.5 Å². The van der Waals surface area contributed by atoms with Gasteiger partial charge in [-0.3, -0.25) is 0 Å². The minimum absolute atomic E-state index is 0.289. The standard InChI is InChI=1S/C6H14NO.6ClH.Sb/c1-6(2)8-5-7(3)4;;;;;;;/h5-6H,1-4H3;6*1H;/q+1;;;;;;;+5/p-6. The molecule has 0 aromatic heterocycles. The Morgan fingerprint density at radius 1 is 1.00 bits per heavy atom. The SMILES string of the molecule is CC(C)OC=[N+](C)C.[Cl][Sb-]([Cl])([Cl])([Cl])([Cl])[Cl]. The van der Waals surface area contributed by atoms with Crippen LogP contribution in [0, 0.1) is 0 Å². The summed E-state index contributed by atoms with van der Waals surface area (Å²) in [4.78, 5) is 0. The third-order valence-corrected chi connectivity index (χ3v) is 0.544. The fraction of sp³-hybridized carbons (Fsp3) is 0.833. The molecule has 0 unspecified atom stereocenters. The van der Waals surface area contributed by atoms with E-state index in [0.717, 1.165) is 0 Å². The summed E-state index contributed by atoms with van der Waals surface area (Å²) in [6, 6.07) is 0. The number of rotatable bonds is 2. The Hall–Kier alpha value is 2.03. The van der Waals surface area contributed by atoms with Gasteiger partial charge in [0.05, 0.1) is 6.10 Å². The van der Waals surface area contributed by atoms with Crippen LogP contribution in [-0.4, -0.2) is 40.3 Å². The number of ether oxygens (including phenoxy) is 1. The van der Waals surface area contributed by atoms with Crippen LogP contribution in [0.4, 0.5) is 0 Å². The first-order valence-corrected chi connectivity index (χ1v) is 23.2. The van der Waals surface area contributed by atoms with Crippen LogP contribution in [0.3, 0.4) is 0 Å². The number of hydrogen-bond acceptors (Lipinski definition) is 1. The summed E-state index contributed by atoms with van der Waals surface area (Å²) < 4.78 is 6.98. The second kappa shape index (κ2) is 5.78. The first-order valence-electron chi connectivity index (χ1n) is 3.79. The molecule has 0 amide bonds. The number of hydrogen-bond donors (Lipinski definition) is 0. The molecule has 0 rings (SSSR count). The Morgan fingerprint density at radius 3 is 1.33 bits per heavy atom. The maximum atomic E-state index is 5.10. The van der Waals surface area contributed by atoms with E-state index in [9.17, 15) is 0 Å². The molecule has 15 heavy (non-hydrogen) atoms. The van der Waals surface area contributed by atoms with Gasteiger partial charge in [-0.2, -0.15) is 0 Å². The summed E-state index contributed by atoms with van der Waals surface area (Å²) in [6.45, 7) is 4.00. The third kappa shape index (κ3) is 63.9. The van der Waals surface area contributed by atoms with Crippen molar-refractivity contribution in [1.29, 1.82) is 0 Å². The summed E-state index contributed by atoms with van der Waals surface area (Å²) >= 11 is 0. The first kappa shape index (κ1) is 19.4. The number of halogens is 6. The van der Waals surface area contributed by atoms with Gasteiger partial charge >= 0.3 is 68.5 Å². The average Bonchev–Trinajstić information content (AvgIpc) is 1.75. The van der Waals surface area contributed by atoms with Crippen molar-refractivity contribution >= 4 is 68.5 Å². The molecule has 0 atom stereocenters. The van der Waals surface area contributed by atoms with Gasteiger partial charge in [-0.1, -0.05) is 0 Å². The maximum absolute atomic E-state index is 5.42. The van der Waals surface area contributed by atoms with Crippen LogP contribution in [0.2, 0.25) is 0 Å². The van der Waals surface area contributed by atoms with Crippen molar-refractivity contribution in [3.8, 4) is 0 Å². The zero-order valence-electron chi connectivity index (χ0n) is 8.73.